The number of likely N-dealkylation sites (tertiary alicyclic amines) is 1. The summed E-state index contributed by atoms with van der Waals surface area (Å²) in [7, 11) is 1.62. The van der Waals surface area contributed by atoms with E-state index in [2.05, 4.69) is 41.7 Å². The SMILES string of the molecule is CCN1CCC(C)C(C)C1.COc1ccc2nccc(C(C)O)c2c1.NC=O.NCC(=O)Nc1ccccc1. The number of methoxy groups -OCH3 is 1. The molecule has 1 aliphatic heterocycles. The lowest BCUT2D eigenvalue weighted by Crippen LogP contribution is -2.37. The number of nitrogens with one attached hydrogen (secondary N) is 1. The molecule has 39 heavy (non-hydrogen) atoms. The highest BCUT2D eigenvalue weighted by Gasteiger charge is 2.20. The first kappa shape index (κ1) is 33.5. The Morgan fingerprint density at radius 3 is 2.41 bits per heavy atom. The van der Waals surface area contributed by atoms with Crippen molar-refractivity contribution in [2.24, 2.45) is 23.3 Å². The van der Waals surface area contributed by atoms with Gasteiger partial charge in [0.1, 0.15) is 5.75 Å². The third kappa shape index (κ3) is 12.2. The van der Waals surface area contributed by atoms with Crippen molar-refractivity contribution < 1.29 is 19.4 Å². The van der Waals surface area contributed by atoms with Crippen LogP contribution in [0.3, 0.4) is 0 Å². The monoisotopic (exact) mass is 539 g/mol. The molecule has 0 aliphatic carbocycles. The Bertz CT molecular complexity index is 1110. The van der Waals surface area contributed by atoms with E-state index in [4.69, 9.17) is 15.3 Å². The van der Waals surface area contributed by atoms with Gasteiger partial charge in [0.2, 0.25) is 12.3 Å². The summed E-state index contributed by atoms with van der Waals surface area (Å²) < 4.78 is 5.15. The summed E-state index contributed by atoms with van der Waals surface area (Å²) in [6, 6.07) is 16.7. The molecule has 2 heterocycles. The molecule has 0 saturated carbocycles. The number of piperidine rings is 1. The van der Waals surface area contributed by atoms with Crippen molar-refractivity contribution in [3.05, 3.63) is 66.4 Å². The fraction of sp³-hybridized carbons (Fsp3) is 0.433. The number of anilines is 1. The Balaban J connectivity index is 0.000000285. The molecule has 9 nitrogen and oxygen atoms in total. The maximum Gasteiger partial charge on any atom is 0.238 e. The maximum absolute atomic E-state index is 10.7. The number of rotatable bonds is 5. The van der Waals surface area contributed by atoms with Crippen LogP contribution in [0.25, 0.3) is 10.9 Å². The second kappa shape index (κ2) is 18.7. The first-order chi connectivity index (χ1) is 18.7. The molecule has 1 fully saturated rings. The highest BCUT2D eigenvalue weighted by molar-refractivity contribution is 5.92. The fourth-order valence-corrected chi connectivity index (χ4v) is 4.01. The van der Waals surface area contributed by atoms with Gasteiger partial charge in [0, 0.05) is 23.8 Å². The molecule has 2 aromatic carbocycles. The minimum Gasteiger partial charge on any atom is -0.497 e. The number of fused-ring (bicyclic) bond motifs is 1. The van der Waals surface area contributed by atoms with E-state index in [0.29, 0.717) is 0 Å². The summed E-state index contributed by atoms with van der Waals surface area (Å²) in [5, 5.41) is 13.2. The Kier molecular flexibility index (Phi) is 16.0. The van der Waals surface area contributed by atoms with Crippen LogP contribution in [-0.2, 0) is 9.59 Å². The highest BCUT2D eigenvalue weighted by atomic mass is 16.5. The number of benzene rings is 2. The number of para-hydroxylation sites is 1. The molecular weight excluding hydrogens is 494 g/mol. The number of nitrogens with zero attached hydrogens (tertiary/aromatic N) is 2. The van der Waals surface area contributed by atoms with Gasteiger partial charge in [0.25, 0.3) is 0 Å². The Morgan fingerprint density at radius 2 is 1.87 bits per heavy atom. The number of nitrogens with two attached hydrogens (primary N) is 2. The van der Waals surface area contributed by atoms with Crippen LogP contribution in [0.15, 0.2) is 60.8 Å². The van der Waals surface area contributed by atoms with Crippen LogP contribution in [0.2, 0.25) is 0 Å². The molecular formula is C30H45N5O4. The number of hydrogen-bond donors (Lipinski definition) is 4. The maximum atomic E-state index is 10.7. The summed E-state index contributed by atoms with van der Waals surface area (Å²) >= 11 is 0. The van der Waals surface area contributed by atoms with Gasteiger partial charge in [-0.15, -0.1) is 0 Å². The predicted molar refractivity (Wildman–Crippen MR) is 158 cm³/mol. The van der Waals surface area contributed by atoms with Crippen molar-refractivity contribution in [3.8, 4) is 5.75 Å². The van der Waals surface area contributed by atoms with Crippen molar-refractivity contribution in [2.45, 2.75) is 40.2 Å². The Hall–Kier alpha value is -3.53. The number of pyridine rings is 1. The van der Waals surface area contributed by atoms with Gasteiger partial charge in [0.05, 0.1) is 25.3 Å². The summed E-state index contributed by atoms with van der Waals surface area (Å²) in [6.07, 6.45) is 2.86. The van der Waals surface area contributed by atoms with Crippen LogP contribution < -0.4 is 21.5 Å². The molecule has 0 spiro atoms. The van der Waals surface area contributed by atoms with Crippen LogP contribution in [0.5, 0.6) is 5.75 Å². The zero-order chi connectivity index (χ0) is 29.2. The van der Waals surface area contributed by atoms with Crippen LogP contribution in [0.4, 0.5) is 5.69 Å². The molecule has 1 aromatic heterocycles. The molecule has 1 saturated heterocycles. The van der Waals surface area contributed by atoms with Gasteiger partial charge < -0.3 is 31.5 Å². The molecule has 3 atom stereocenters. The first-order valence-corrected chi connectivity index (χ1v) is 13.2. The van der Waals surface area contributed by atoms with E-state index in [-0.39, 0.29) is 18.9 Å². The second-order valence-electron chi connectivity index (χ2n) is 9.35. The van der Waals surface area contributed by atoms with Crippen LogP contribution >= 0.6 is 0 Å². The molecule has 0 bridgehead atoms. The van der Waals surface area contributed by atoms with Crippen LogP contribution in [0, 0.1) is 11.8 Å². The van der Waals surface area contributed by atoms with Gasteiger partial charge in [-0.2, -0.15) is 0 Å². The van der Waals surface area contributed by atoms with E-state index in [1.54, 1.807) is 20.2 Å². The molecule has 4 rings (SSSR count). The molecule has 1 aliphatic rings. The van der Waals surface area contributed by atoms with E-state index < -0.39 is 6.10 Å². The Labute approximate surface area is 232 Å². The number of carbonyl (C=O) groups excluding carboxylic acids is 2. The summed E-state index contributed by atoms with van der Waals surface area (Å²) in [5.74, 6) is 2.46. The number of aliphatic hydroxyl groups is 1. The third-order valence-electron chi connectivity index (χ3n) is 6.54. The van der Waals surface area contributed by atoms with Crippen LogP contribution in [0.1, 0.15) is 45.8 Å². The van der Waals surface area contributed by atoms with Gasteiger partial charge in [-0.25, -0.2) is 0 Å². The number of aromatic nitrogens is 1. The number of carbonyl (C=O) groups is 2. The summed E-state index contributed by atoms with van der Waals surface area (Å²) in [5.41, 5.74) is 11.8. The number of amides is 2. The zero-order valence-electron chi connectivity index (χ0n) is 23.8. The molecule has 6 N–H and O–H groups in total. The van der Waals surface area contributed by atoms with E-state index in [1.165, 1.54) is 26.1 Å². The van der Waals surface area contributed by atoms with Crippen molar-refractivity contribution in [2.75, 3.05) is 38.6 Å². The summed E-state index contributed by atoms with van der Waals surface area (Å²) in [6.45, 7) is 12.6. The lowest BCUT2D eigenvalue weighted by Gasteiger charge is -2.34. The minimum atomic E-state index is -0.498. The van der Waals surface area contributed by atoms with E-state index >= 15 is 0 Å². The van der Waals surface area contributed by atoms with Crippen molar-refractivity contribution in [3.63, 3.8) is 0 Å². The molecule has 3 aromatic rings. The molecule has 214 valence electrons. The van der Waals surface area contributed by atoms with Crippen molar-refractivity contribution >= 4 is 28.9 Å². The topological polar surface area (TPSA) is 144 Å². The third-order valence-corrected chi connectivity index (χ3v) is 6.54. The van der Waals surface area contributed by atoms with Gasteiger partial charge >= 0.3 is 0 Å². The quantitative estimate of drug-likeness (QED) is 0.359. The number of primary amides is 1. The van der Waals surface area contributed by atoms with Gasteiger partial charge in [-0.3, -0.25) is 14.6 Å². The molecule has 9 heteroatoms. The fourth-order valence-electron chi connectivity index (χ4n) is 4.01. The largest absolute Gasteiger partial charge is 0.497 e. The second-order valence-corrected chi connectivity index (χ2v) is 9.35. The van der Waals surface area contributed by atoms with Crippen molar-refractivity contribution in [1.29, 1.82) is 0 Å². The lowest BCUT2D eigenvalue weighted by molar-refractivity contribution is -0.115. The predicted octanol–water partition coefficient (Wildman–Crippen LogP) is 3.97. The molecule has 2 amide bonds. The van der Waals surface area contributed by atoms with Gasteiger partial charge in [-0.1, -0.05) is 39.0 Å². The number of hydrogen-bond acceptors (Lipinski definition) is 7. The molecule has 0 radical (unpaired) electrons. The van der Waals surface area contributed by atoms with E-state index in [0.717, 1.165) is 39.7 Å². The normalized spacial score (nSPS) is 17.1. The van der Waals surface area contributed by atoms with Crippen molar-refractivity contribution in [1.82, 2.24) is 9.88 Å². The van der Waals surface area contributed by atoms with Gasteiger partial charge in [-0.05, 0) is 80.2 Å². The standard InChI is InChI=1S/C12H13NO2.C9H19N.C8H10N2O.CH3NO/c1-8(14)10-5-6-13-12-4-3-9(15-2)7-11(10)12;1-4-10-6-5-8(2)9(3)7-10;9-6-8(11)10-7-4-2-1-3-5-7;2-1-3/h3-8,14H,1-2H3;8-9H,4-7H2,1-3H3;1-5H,6,9H2,(H,10,11);1H,(H2,2,3). The first-order valence-electron chi connectivity index (χ1n) is 13.2. The van der Waals surface area contributed by atoms with E-state index in [9.17, 15) is 9.90 Å². The smallest absolute Gasteiger partial charge is 0.238 e. The average Bonchev–Trinajstić information content (AvgIpc) is 2.95. The minimum absolute atomic E-state index is 0.0227. The average molecular weight is 540 g/mol. The summed E-state index contributed by atoms with van der Waals surface area (Å²) in [4.78, 5) is 26.1. The van der Waals surface area contributed by atoms with E-state index in [1.807, 2.05) is 54.6 Å². The molecule has 3 unspecified atom stereocenters. The lowest BCUT2D eigenvalue weighted by atomic mass is 9.89. The highest BCUT2D eigenvalue weighted by Crippen LogP contribution is 2.26. The zero-order valence-corrected chi connectivity index (χ0v) is 23.8. The Morgan fingerprint density at radius 1 is 1.21 bits per heavy atom. The van der Waals surface area contributed by atoms with Crippen LogP contribution in [-0.4, -0.2) is 60.6 Å². The number of ether oxygens (including phenoxy) is 1. The van der Waals surface area contributed by atoms with Gasteiger partial charge in [0.15, 0.2) is 0 Å². The number of aliphatic hydroxyl groups excluding tert-OH is 1.